The molecule has 1 aromatic rings. The molecule has 0 bridgehead atoms. The lowest BCUT2D eigenvalue weighted by Gasteiger charge is -2.25. The third-order valence-electron chi connectivity index (χ3n) is 3.41. The number of thioether (sulfide) groups is 1. The average Bonchev–Trinajstić information content (AvgIpc) is 2.93. The molecule has 1 aliphatic rings. The Morgan fingerprint density at radius 1 is 1.40 bits per heavy atom. The maximum Gasteiger partial charge on any atom is 0.139 e. The van der Waals surface area contributed by atoms with Gasteiger partial charge in [-0.25, -0.2) is 0 Å². The van der Waals surface area contributed by atoms with Crippen molar-refractivity contribution in [1.29, 1.82) is 0 Å². The van der Waals surface area contributed by atoms with Crippen LogP contribution in [0.3, 0.4) is 0 Å². The van der Waals surface area contributed by atoms with Crippen molar-refractivity contribution >= 4 is 35.0 Å². The molecule has 0 saturated carbocycles. The molecule has 112 valence electrons. The van der Waals surface area contributed by atoms with Crippen LogP contribution in [0.5, 0.6) is 5.75 Å². The Labute approximate surface area is 135 Å². The summed E-state index contributed by atoms with van der Waals surface area (Å²) < 4.78 is 6.18. The minimum atomic E-state index is 0.174. The fourth-order valence-corrected chi connectivity index (χ4v) is 3.54. The van der Waals surface area contributed by atoms with Crippen molar-refractivity contribution in [3.8, 4) is 5.75 Å². The fraction of sp³-hybridized carbons (Fsp3) is 0.600. The molecule has 20 heavy (non-hydrogen) atoms. The number of ether oxygens (including phenoxy) is 1. The van der Waals surface area contributed by atoms with Crippen LogP contribution in [0, 0.1) is 5.92 Å². The van der Waals surface area contributed by atoms with Gasteiger partial charge in [-0.2, -0.15) is 11.8 Å². The zero-order valence-electron chi connectivity index (χ0n) is 11.9. The highest BCUT2D eigenvalue weighted by Crippen LogP contribution is 2.34. The summed E-state index contributed by atoms with van der Waals surface area (Å²) in [6.07, 6.45) is 1.33. The molecule has 0 amide bonds. The molecule has 0 spiro atoms. The van der Waals surface area contributed by atoms with Gasteiger partial charge in [0.1, 0.15) is 16.9 Å². The Bertz CT molecular complexity index is 436. The molecule has 1 N–H and O–H groups in total. The molecular weight excluding hydrogens is 313 g/mol. The van der Waals surface area contributed by atoms with Crippen LogP contribution in [0.15, 0.2) is 18.2 Å². The van der Waals surface area contributed by atoms with Crippen LogP contribution in [-0.2, 0) is 0 Å². The van der Waals surface area contributed by atoms with Crippen molar-refractivity contribution in [3.63, 3.8) is 0 Å². The van der Waals surface area contributed by atoms with E-state index >= 15 is 0 Å². The summed E-state index contributed by atoms with van der Waals surface area (Å²) in [5.74, 6) is 2.21. The van der Waals surface area contributed by atoms with E-state index in [0.29, 0.717) is 27.0 Å². The van der Waals surface area contributed by atoms with Crippen LogP contribution in [0.2, 0.25) is 10.0 Å². The molecule has 0 aliphatic carbocycles. The topological polar surface area (TPSA) is 21.3 Å². The van der Waals surface area contributed by atoms with Gasteiger partial charge in [-0.15, -0.1) is 0 Å². The minimum Gasteiger partial charge on any atom is -0.488 e. The van der Waals surface area contributed by atoms with E-state index in [2.05, 4.69) is 19.2 Å². The quantitative estimate of drug-likeness (QED) is 0.828. The first-order valence-corrected chi connectivity index (χ1v) is 8.81. The summed E-state index contributed by atoms with van der Waals surface area (Å²) >= 11 is 14.2. The molecule has 2 nitrogen and oxygen atoms in total. The zero-order valence-corrected chi connectivity index (χ0v) is 14.2. The van der Waals surface area contributed by atoms with Crippen molar-refractivity contribution < 1.29 is 4.74 Å². The third-order valence-corrected chi connectivity index (χ3v) is 5.40. The Morgan fingerprint density at radius 2 is 2.20 bits per heavy atom. The van der Waals surface area contributed by atoms with Gasteiger partial charge in [-0.1, -0.05) is 43.1 Å². The zero-order chi connectivity index (χ0) is 14.5. The Balaban J connectivity index is 2.07. The SMILES string of the molecule is CC(C)SC[C@H](Oc1cccc(Cl)c1Cl)[C@H]1CCNC1. The summed E-state index contributed by atoms with van der Waals surface area (Å²) in [5, 5.41) is 5.06. The van der Waals surface area contributed by atoms with Crippen LogP contribution in [0.4, 0.5) is 0 Å². The summed E-state index contributed by atoms with van der Waals surface area (Å²) in [7, 11) is 0. The standard InChI is InChI=1S/C15H21Cl2NOS/c1-10(2)20-9-14(11-6-7-18-8-11)19-13-5-3-4-12(16)15(13)17/h3-5,10-11,14,18H,6-9H2,1-2H3/t11-,14-/m0/s1. The van der Waals surface area contributed by atoms with Gasteiger partial charge in [0.25, 0.3) is 0 Å². The van der Waals surface area contributed by atoms with Gasteiger partial charge in [0, 0.05) is 18.2 Å². The van der Waals surface area contributed by atoms with Crippen molar-refractivity contribution in [1.82, 2.24) is 5.32 Å². The molecule has 0 radical (unpaired) electrons. The molecule has 2 atom stereocenters. The van der Waals surface area contributed by atoms with E-state index in [0.717, 1.165) is 25.3 Å². The van der Waals surface area contributed by atoms with Gasteiger partial charge in [0.2, 0.25) is 0 Å². The van der Waals surface area contributed by atoms with E-state index in [1.165, 1.54) is 0 Å². The summed E-state index contributed by atoms with van der Waals surface area (Å²) in [4.78, 5) is 0. The number of hydrogen-bond acceptors (Lipinski definition) is 3. The van der Waals surface area contributed by atoms with Gasteiger partial charge in [-0.3, -0.25) is 0 Å². The third kappa shape index (κ3) is 4.45. The second-order valence-electron chi connectivity index (χ2n) is 5.34. The van der Waals surface area contributed by atoms with Crippen LogP contribution < -0.4 is 10.1 Å². The second kappa shape index (κ2) is 7.79. The van der Waals surface area contributed by atoms with Gasteiger partial charge in [-0.05, 0) is 30.3 Å². The number of hydrogen-bond donors (Lipinski definition) is 1. The largest absolute Gasteiger partial charge is 0.488 e. The van der Waals surface area contributed by atoms with Crippen molar-refractivity contribution in [2.75, 3.05) is 18.8 Å². The van der Waals surface area contributed by atoms with E-state index in [-0.39, 0.29) is 6.10 Å². The van der Waals surface area contributed by atoms with Gasteiger partial charge >= 0.3 is 0 Å². The lowest BCUT2D eigenvalue weighted by Crippen LogP contribution is -2.31. The van der Waals surface area contributed by atoms with Crippen LogP contribution >= 0.6 is 35.0 Å². The smallest absolute Gasteiger partial charge is 0.139 e. The average molecular weight is 334 g/mol. The van der Waals surface area contributed by atoms with Crippen LogP contribution in [0.1, 0.15) is 20.3 Å². The minimum absolute atomic E-state index is 0.174. The molecular formula is C15H21Cl2NOS. The second-order valence-corrected chi connectivity index (χ2v) is 7.74. The molecule has 1 fully saturated rings. The molecule has 0 unspecified atom stereocenters. The first kappa shape index (κ1) is 16.3. The van der Waals surface area contributed by atoms with Gasteiger partial charge in [0.05, 0.1) is 5.02 Å². The fourth-order valence-electron chi connectivity index (χ4n) is 2.29. The summed E-state index contributed by atoms with van der Waals surface area (Å²) in [5.41, 5.74) is 0. The normalized spacial score (nSPS) is 20.4. The van der Waals surface area contributed by atoms with Crippen molar-refractivity contribution in [2.24, 2.45) is 5.92 Å². The Hall–Kier alpha value is -0.0900. The molecule has 1 heterocycles. The predicted octanol–water partition coefficient (Wildman–Crippen LogP) is 4.49. The first-order valence-electron chi connectivity index (χ1n) is 7.01. The molecule has 0 aromatic heterocycles. The van der Waals surface area contributed by atoms with E-state index in [9.17, 15) is 0 Å². The van der Waals surface area contributed by atoms with E-state index in [1.807, 2.05) is 23.9 Å². The van der Waals surface area contributed by atoms with Crippen molar-refractivity contribution in [2.45, 2.75) is 31.6 Å². The van der Waals surface area contributed by atoms with Crippen LogP contribution in [0.25, 0.3) is 0 Å². The molecule has 1 aliphatic heterocycles. The molecule has 5 heteroatoms. The molecule has 1 aromatic carbocycles. The first-order chi connectivity index (χ1) is 9.58. The highest BCUT2D eigenvalue weighted by atomic mass is 35.5. The monoisotopic (exact) mass is 333 g/mol. The molecule has 1 saturated heterocycles. The van der Waals surface area contributed by atoms with Gasteiger partial charge in [0.15, 0.2) is 0 Å². The Morgan fingerprint density at radius 3 is 2.85 bits per heavy atom. The van der Waals surface area contributed by atoms with E-state index in [1.54, 1.807) is 6.07 Å². The number of benzene rings is 1. The maximum absolute atomic E-state index is 6.23. The highest BCUT2D eigenvalue weighted by Gasteiger charge is 2.27. The lowest BCUT2D eigenvalue weighted by atomic mass is 10.0. The van der Waals surface area contributed by atoms with E-state index < -0.39 is 0 Å². The van der Waals surface area contributed by atoms with Crippen molar-refractivity contribution in [3.05, 3.63) is 28.2 Å². The number of rotatable bonds is 6. The molecule has 2 rings (SSSR count). The lowest BCUT2D eigenvalue weighted by molar-refractivity contribution is 0.165. The highest BCUT2D eigenvalue weighted by molar-refractivity contribution is 7.99. The maximum atomic E-state index is 6.23. The van der Waals surface area contributed by atoms with E-state index in [4.69, 9.17) is 27.9 Å². The van der Waals surface area contributed by atoms with Gasteiger partial charge < -0.3 is 10.1 Å². The van der Waals surface area contributed by atoms with Crippen LogP contribution in [-0.4, -0.2) is 30.2 Å². The number of nitrogens with one attached hydrogen (secondary N) is 1. The summed E-state index contributed by atoms with van der Waals surface area (Å²) in [6, 6.07) is 5.55. The Kier molecular flexibility index (Phi) is 6.34. The predicted molar refractivity (Wildman–Crippen MR) is 89.4 cm³/mol. The number of halogens is 2. The summed E-state index contributed by atoms with van der Waals surface area (Å²) in [6.45, 7) is 6.50.